The molecule has 0 rings (SSSR count). The topological polar surface area (TPSA) is 0 Å². The van der Waals surface area contributed by atoms with Gasteiger partial charge in [0.25, 0.3) is 0 Å². The van der Waals surface area contributed by atoms with Crippen LogP contribution in [0.25, 0.3) is 0 Å². The van der Waals surface area contributed by atoms with Crippen LogP contribution in [0.2, 0.25) is 0 Å². The fourth-order valence-electron chi connectivity index (χ4n) is 5.75. The molecule has 0 N–H and O–H groups in total. The summed E-state index contributed by atoms with van der Waals surface area (Å²) in [6.07, 6.45) is 42.7. The highest BCUT2D eigenvalue weighted by Gasteiger charge is 2.03. The molecule has 0 heterocycles. The molecule has 0 radical (unpaired) electrons. The minimum atomic E-state index is 0.965. The van der Waals surface area contributed by atoms with Gasteiger partial charge in [0.15, 0.2) is 0 Å². The smallest absolute Gasteiger partial charge is 0.0443 e. The zero-order valence-electron chi connectivity index (χ0n) is 25.7. The van der Waals surface area contributed by atoms with Gasteiger partial charge in [-0.2, -0.15) is 0 Å². The van der Waals surface area contributed by atoms with Crippen LogP contribution in [0.1, 0.15) is 214 Å². The predicted octanol–water partition coefficient (Wildman–Crippen LogP) is 13.6. The molecule has 0 bridgehead atoms. The van der Waals surface area contributed by atoms with Crippen LogP contribution in [0.4, 0.5) is 0 Å². The Morgan fingerprint density at radius 2 is 0.457 bits per heavy atom. The SMILES string of the molecule is CCCCCCCCCCCCCCCCC(C)CCCCCCCCCCCC(C)CCCC. The predicted molar refractivity (Wildman–Crippen MR) is 164 cm³/mol. The van der Waals surface area contributed by atoms with Crippen molar-refractivity contribution in [3.63, 3.8) is 0 Å². The molecule has 2 unspecified atom stereocenters. The van der Waals surface area contributed by atoms with Gasteiger partial charge in [0.2, 0.25) is 0 Å². The zero-order valence-corrected chi connectivity index (χ0v) is 25.7. The van der Waals surface area contributed by atoms with Gasteiger partial charge in [0, 0.05) is 0 Å². The molecule has 0 aliphatic carbocycles. The van der Waals surface area contributed by atoms with Crippen molar-refractivity contribution >= 4 is 0 Å². The zero-order chi connectivity index (χ0) is 25.7. The monoisotopic (exact) mass is 493 g/mol. The molecule has 35 heavy (non-hydrogen) atoms. The molecule has 0 fully saturated rings. The van der Waals surface area contributed by atoms with Gasteiger partial charge >= 0.3 is 0 Å². The quantitative estimate of drug-likeness (QED) is 0.0874. The lowest BCUT2D eigenvalue weighted by Gasteiger charge is -2.11. The average molecular weight is 493 g/mol. The third-order valence-corrected chi connectivity index (χ3v) is 8.49. The first-order valence-corrected chi connectivity index (χ1v) is 17.2. The van der Waals surface area contributed by atoms with Crippen LogP contribution in [-0.2, 0) is 0 Å². The Hall–Kier alpha value is 0. The van der Waals surface area contributed by atoms with Crippen LogP contribution >= 0.6 is 0 Å². The van der Waals surface area contributed by atoms with E-state index in [2.05, 4.69) is 27.7 Å². The van der Waals surface area contributed by atoms with Crippen LogP contribution in [0.5, 0.6) is 0 Å². The number of rotatable bonds is 30. The van der Waals surface area contributed by atoms with E-state index in [1.807, 2.05) is 0 Å². The van der Waals surface area contributed by atoms with E-state index in [1.54, 1.807) is 0 Å². The Bertz CT molecular complexity index is 359. The fourth-order valence-corrected chi connectivity index (χ4v) is 5.75. The van der Waals surface area contributed by atoms with Crippen molar-refractivity contribution in [2.24, 2.45) is 11.8 Å². The largest absolute Gasteiger partial charge is 0.0654 e. The van der Waals surface area contributed by atoms with Crippen molar-refractivity contribution in [1.29, 1.82) is 0 Å². The summed E-state index contributed by atoms with van der Waals surface area (Å²) in [4.78, 5) is 0. The molecule has 0 amide bonds. The number of hydrogen-bond acceptors (Lipinski definition) is 0. The molecule has 0 saturated heterocycles. The second-order valence-electron chi connectivity index (χ2n) is 12.5. The van der Waals surface area contributed by atoms with Crippen molar-refractivity contribution in [2.45, 2.75) is 214 Å². The Morgan fingerprint density at radius 3 is 0.714 bits per heavy atom. The molecule has 0 aromatic rings. The number of unbranched alkanes of at least 4 members (excludes halogenated alkanes) is 22. The summed E-state index contributed by atoms with van der Waals surface area (Å²) >= 11 is 0. The minimum Gasteiger partial charge on any atom is -0.0654 e. The van der Waals surface area contributed by atoms with Crippen molar-refractivity contribution in [3.8, 4) is 0 Å². The lowest BCUT2D eigenvalue weighted by molar-refractivity contribution is 0.427. The summed E-state index contributed by atoms with van der Waals surface area (Å²) in [6, 6.07) is 0. The molecule has 0 nitrogen and oxygen atoms in total. The maximum absolute atomic E-state index is 2.51. The third kappa shape index (κ3) is 30.1. The first-order chi connectivity index (χ1) is 17.2. The summed E-state index contributed by atoms with van der Waals surface area (Å²) in [7, 11) is 0. The molecule has 0 heteroatoms. The highest BCUT2D eigenvalue weighted by molar-refractivity contribution is 4.57. The molecule has 0 aliphatic rings. The van der Waals surface area contributed by atoms with Gasteiger partial charge in [-0.1, -0.05) is 214 Å². The molecular formula is C35H72. The van der Waals surface area contributed by atoms with Crippen LogP contribution in [0, 0.1) is 11.8 Å². The van der Waals surface area contributed by atoms with E-state index in [-0.39, 0.29) is 0 Å². The third-order valence-electron chi connectivity index (χ3n) is 8.49. The highest BCUT2D eigenvalue weighted by atomic mass is 14.1. The van der Waals surface area contributed by atoms with Gasteiger partial charge in [-0.05, 0) is 11.8 Å². The van der Waals surface area contributed by atoms with E-state index >= 15 is 0 Å². The average Bonchev–Trinajstić information content (AvgIpc) is 2.86. The summed E-state index contributed by atoms with van der Waals surface area (Å²) in [5, 5.41) is 0. The normalized spacial score (nSPS) is 13.4. The summed E-state index contributed by atoms with van der Waals surface area (Å²) in [5.41, 5.74) is 0. The van der Waals surface area contributed by atoms with E-state index in [9.17, 15) is 0 Å². The maximum atomic E-state index is 2.51. The van der Waals surface area contributed by atoms with Crippen LogP contribution < -0.4 is 0 Å². The molecule has 212 valence electrons. The standard InChI is InChI=1S/C35H72/c1-5-7-9-10-11-12-13-14-15-16-18-21-25-28-32-35(4)33-29-26-23-20-17-19-22-24-27-31-34(3)30-8-6-2/h34-35H,5-33H2,1-4H3. The molecular weight excluding hydrogens is 420 g/mol. The molecule has 2 atom stereocenters. The molecule has 0 aliphatic heterocycles. The van der Waals surface area contributed by atoms with Crippen LogP contribution in [-0.4, -0.2) is 0 Å². The first-order valence-electron chi connectivity index (χ1n) is 17.2. The summed E-state index contributed by atoms with van der Waals surface area (Å²) in [6.45, 7) is 9.58. The summed E-state index contributed by atoms with van der Waals surface area (Å²) < 4.78 is 0. The number of hydrogen-bond donors (Lipinski definition) is 0. The first kappa shape index (κ1) is 35.0. The fraction of sp³-hybridized carbons (Fsp3) is 1.00. The van der Waals surface area contributed by atoms with Gasteiger partial charge in [0.05, 0.1) is 0 Å². The molecule has 0 spiro atoms. The van der Waals surface area contributed by atoms with Gasteiger partial charge < -0.3 is 0 Å². The van der Waals surface area contributed by atoms with Crippen molar-refractivity contribution in [3.05, 3.63) is 0 Å². The molecule has 0 aromatic carbocycles. The van der Waals surface area contributed by atoms with Crippen LogP contribution in [0.3, 0.4) is 0 Å². The van der Waals surface area contributed by atoms with E-state index in [0.717, 1.165) is 11.8 Å². The van der Waals surface area contributed by atoms with E-state index < -0.39 is 0 Å². The van der Waals surface area contributed by atoms with Gasteiger partial charge in [-0.25, -0.2) is 0 Å². The lowest BCUT2D eigenvalue weighted by atomic mass is 9.95. The Morgan fingerprint density at radius 1 is 0.257 bits per heavy atom. The van der Waals surface area contributed by atoms with Crippen molar-refractivity contribution in [2.75, 3.05) is 0 Å². The van der Waals surface area contributed by atoms with Crippen molar-refractivity contribution < 1.29 is 0 Å². The van der Waals surface area contributed by atoms with Gasteiger partial charge in [-0.3, -0.25) is 0 Å². The van der Waals surface area contributed by atoms with E-state index in [1.165, 1.54) is 186 Å². The Balaban J connectivity index is 3.18. The Kier molecular flexibility index (Phi) is 30.2. The maximum Gasteiger partial charge on any atom is -0.0443 e. The lowest BCUT2D eigenvalue weighted by Crippen LogP contribution is -1.95. The summed E-state index contributed by atoms with van der Waals surface area (Å²) in [5.74, 6) is 1.93. The minimum absolute atomic E-state index is 0.965. The second-order valence-corrected chi connectivity index (χ2v) is 12.5. The highest BCUT2D eigenvalue weighted by Crippen LogP contribution is 2.20. The second kappa shape index (κ2) is 30.2. The van der Waals surface area contributed by atoms with Crippen molar-refractivity contribution in [1.82, 2.24) is 0 Å². The molecule has 0 aromatic heterocycles. The van der Waals surface area contributed by atoms with Gasteiger partial charge in [-0.15, -0.1) is 0 Å². The Labute approximate surface area is 225 Å². The van der Waals surface area contributed by atoms with E-state index in [4.69, 9.17) is 0 Å². The van der Waals surface area contributed by atoms with Gasteiger partial charge in [0.1, 0.15) is 0 Å². The van der Waals surface area contributed by atoms with E-state index in [0.29, 0.717) is 0 Å². The van der Waals surface area contributed by atoms with Crippen LogP contribution in [0.15, 0.2) is 0 Å². The molecule has 0 saturated carbocycles.